The number of hydrogen-bond donors (Lipinski definition) is 0. The van der Waals surface area contributed by atoms with Gasteiger partial charge < -0.3 is 4.42 Å². The average molecular weight is 651 g/mol. The maximum atomic E-state index is 6.07. The maximum Gasteiger partial charge on any atom is 0.144 e. The van der Waals surface area contributed by atoms with E-state index in [0.29, 0.717) is 11.8 Å². The van der Waals surface area contributed by atoms with Gasteiger partial charge in [-0.2, -0.15) is 0 Å². The van der Waals surface area contributed by atoms with E-state index in [4.69, 9.17) is 9.40 Å². The van der Waals surface area contributed by atoms with Gasteiger partial charge in [0.1, 0.15) is 17.0 Å². The first-order valence-electron chi connectivity index (χ1n) is 18.7. The highest BCUT2D eigenvalue weighted by molar-refractivity contribution is 6.06. The maximum absolute atomic E-state index is 6.07. The summed E-state index contributed by atoms with van der Waals surface area (Å²) in [4.78, 5) is 4.85. The lowest BCUT2D eigenvalue weighted by molar-refractivity contribution is 0.669. The van der Waals surface area contributed by atoms with E-state index in [1.807, 2.05) is 101 Å². The summed E-state index contributed by atoms with van der Waals surface area (Å²) in [5.41, 5.74) is 9.29. The number of aromatic nitrogens is 2. The Morgan fingerprint density at radius 1 is 0.500 bits per heavy atom. The molecular weight excluding hydrogens is 585 g/mol. The summed E-state index contributed by atoms with van der Waals surface area (Å²) >= 11 is 0. The first-order valence-corrected chi connectivity index (χ1v) is 18.7. The van der Waals surface area contributed by atoms with E-state index in [1.54, 1.807) is 0 Å². The van der Waals surface area contributed by atoms with Crippen LogP contribution in [0, 0.1) is 0 Å². The molecule has 0 spiro atoms. The molecule has 3 nitrogen and oxygen atoms in total. The van der Waals surface area contributed by atoms with Crippen LogP contribution in [-0.4, -0.2) is 9.55 Å². The van der Waals surface area contributed by atoms with Crippen LogP contribution in [0.15, 0.2) is 102 Å². The Bertz CT molecular complexity index is 1660. The van der Waals surface area contributed by atoms with Gasteiger partial charge in [-0.25, -0.2) is 4.98 Å². The SMILES string of the molecule is CC.CC.CC.CC.CC.CC.CC(C)c1cc(-c2ccccc2)cc(C(C)C)c1-n1ccnc1-c1ccc2oc3ccccc3c2c1. The number of furan rings is 1. The van der Waals surface area contributed by atoms with E-state index in [0.717, 1.165) is 33.3 Å². The van der Waals surface area contributed by atoms with Crippen LogP contribution >= 0.6 is 0 Å². The Morgan fingerprint density at radius 2 is 1.00 bits per heavy atom. The molecule has 0 atom stereocenters. The Hall–Kier alpha value is -4.11. The van der Waals surface area contributed by atoms with Gasteiger partial charge in [0.25, 0.3) is 0 Å². The van der Waals surface area contributed by atoms with E-state index in [-0.39, 0.29) is 0 Å². The van der Waals surface area contributed by atoms with Crippen LogP contribution in [0.3, 0.4) is 0 Å². The third-order valence-corrected chi connectivity index (χ3v) is 7.04. The van der Waals surface area contributed by atoms with Crippen LogP contribution in [-0.2, 0) is 0 Å². The fourth-order valence-electron chi connectivity index (χ4n) is 5.20. The molecule has 0 bridgehead atoms. The minimum absolute atomic E-state index is 0.358. The smallest absolute Gasteiger partial charge is 0.144 e. The topological polar surface area (TPSA) is 31.0 Å². The highest BCUT2D eigenvalue weighted by Gasteiger charge is 2.21. The van der Waals surface area contributed by atoms with Crippen LogP contribution in [0.2, 0.25) is 0 Å². The highest BCUT2D eigenvalue weighted by atomic mass is 16.3. The summed E-state index contributed by atoms with van der Waals surface area (Å²) in [5, 5.41) is 2.25. The van der Waals surface area contributed by atoms with E-state index in [1.165, 1.54) is 27.9 Å². The van der Waals surface area contributed by atoms with E-state index in [2.05, 4.69) is 111 Å². The predicted molar refractivity (Wildman–Crippen MR) is 218 cm³/mol. The van der Waals surface area contributed by atoms with Crippen molar-refractivity contribution in [2.45, 2.75) is 123 Å². The predicted octanol–water partition coefficient (Wildman–Crippen LogP) is 15.5. The van der Waals surface area contributed by atoms with Crippen molar-refractivity contribution >= 4 is 21.9 Å². The highest BCUT2D eigenvalue weighted by Crippen LogP contribution is 2.39. The molecule has 0 saturated carbocycles. The summed E-state index contributed by atoms with van der Waals surface area (Å²) < 4.78 is 8.35. The van der Waals surface area contributed by atoms with Crippen LogP contribution < -0.4 is 0 Å². The molecule has 4 aromatic carbocycles. The summed E-state index contributed by atoms with van der Waals surface area (Å²) in [7, 11) is 0. The number of rotatable bonds is 5. The molecule has 0 radical (unpaired) electrons. The Morgan fingerprint density at radius 3 is 1.54 bits per heavy atom. The molecule has 48 heavy (non-hydrogen) atoms. The van der Waals surface area contributed by atoms with Gasteiger partial charge in [0.2, 0.25) is 0 Å². The van der Waals surface area contributed by atoms with Gasteiger partial charge in [-0.15, -0.1) is 0 Å². The monoisotopic (exact) mass is 651 g/mol. The van der Waals surface area contributed by atoms with Crippen molar-refractivity contribution in [1.82, 2.24) is 9.55 Å². The van der Waals surface area contributed by atoms with Gasteiger partial charge in [-0.1, -0.05) is 159 Å². The molecule has 0 N–H and O–H groups in total. The molecule has 0 aliphatic heterocycles. The average Bonchev–Trinajstić information content (AvgIpc) is 3.81. The van der Waals surface area contributed by atoms with Crippen molar-refractivity contribution in [2.75, 3.05) is 0 Å². The van der Waals surface area contributed by atoms with Crippen molar-refractivity contribution in [2.24, 2.45) is 0 Å². The number of para-hydroxylation sites is 1. The molecule has 2 heterocycles. The zero-order valence-corrected chi connectivity index (χ0v) is 33.2. The lowest BCUT2D eigenvalue weighted by atomic mass is 9.88. The van der Waals surface area contributed by atoms with Gasteiger partial charge in [-0.3, -0.25) is 4.57 Å². The number of imidazole rings is 1. The standard InChI is InChI=1S/C33H30N2O.6C2H6/c1-21(2)27-19-25(23-10-6-5-7-11-23)20-28(22(3)4)32(27)35-17-16-34-33(35)24-14-15-31-29(18-24)26-12-8-9-13-30(26)36-31;6*1-2/h5-22H,1-4H3;6*1-2H3. The number of benzene rings is 4. The fraction of sp³-hybridized carbons (Fsp3) is 0.400. The molecule has 0 saturated heterocycles. The van der Waals surface area contributed by atoms with Gasteiger partial charge in [0.15, 0.2) is 0 Å². The second-order valence-electron chi connectivity index (χ2n) is 10.1. The lowest BCUT2D eigenvalue weighted by Crippen LogP contribution is -2.08. The van der Waals surface area contributed by atoms with Gasteiger partial charge in [-0.05, 0) is 70.5 Å². The zero-order chi connectivity index (χ0) is 36.8. The quantitative estimate of drug-likeness (QED) is 0.186. The molecule has 6 rings (SSSR count). The summed E-state index contributed by atoms with van der Waals surface area (Å²) in [6.45, 7) is 33.1. The van der Waals surface area contributed by atoms with Crippen molar-refractivity contribution in [3.8, 4) is 28.2 Å². The molecular formula is C45H66N2O. The van der Waals surface area contributed by atoms with Gasteiger partial charge in [0, 0.05) is 28.7 Å². The van der Waals surface area contributed by atoms with Crippen molar-refractivity contribution in [3.63, 3.8) is 0 Å². The minimum Gasteiger partial charge on any atom is -0.456 e. The molecule has 2 aromatic heterocycles. The van der Waals surface area contributed by atoms with Gasteiger partial charge in [0.05, 0.1) is 5.69 Å². The molecule has 0 aliphatic carbocycles. The summed E-state index contributed by atoms with van der Waals surface area (Å²) in [6.07, 6.45) is 4.01. The third kappa shape index (κ3) is 10.4. The fourth-order valence-corrected chi connectivity index (χ4v) is 5.20. The molecule has 0 aliphatic rings. The Kier molecular flexibility index (Phi) is 22.0. The molecule has 3 heteroatoms. The van der Waals surface area contributed by atoms with E-state index < -0.39 is 0 Å². The largest absolute Gasteiger partial charge is 0.456 e. The molecule has 0 unspecified atom stereocenters. The van der Waals surface area contributed by atoms with Crippen LogP contribution in [0.5, 0.6) is 0 Å². The first kappa shape index (κ1) is 43.9. The van der Waals surface area contributed by atoms with Crippen LogP contribution in [0.25, 0.3) is 50.1 Å². The summed E-state index contributed by atoms with van der Waals surface area (Å²) in [5.74, 6) is 1.66. The molecule has 6 aromatic rings. The Labute approximate surface area is 294 Å². The summed E-state index contributed by atoms with van der Waals surface area (Å²) in [6, 6.07) is 30.0. The number of nitrogens with zero attached hydrogens (tertiary/aromatic N) is 2. The molecule has 0 fully saturated rings. The lowest BCUT2D eigenvalue weighted by Gasteiger charge is -2.23. The minimum atomic E-state index is 0.358. The van der Waals surface area contributed by atoms with Crippen LogP contribution in [0.1, 0.15) is 134 Å². The van der Waals surface area contributed by atoms with Gasteiger partial charge >= 0.3 is 0 Å². The number of hydrogen-bond acceptors (Lipinski definition) is 2. The first-order chi connectivity index (χ1) is 23.5. The van der Waals surface area contributed by atoms with Crippen LogP contribution in [0.4, 0.5) is 0 Å². The number of fused-ring (bicyclic) bond motifs is 3. The molecule has 0 amide bonds. The molecule has 262 valence electrons. The van der Waals surface area contributed by atoms with Crippen molar-refractivity contribution in [3.05, 3.63) is 108 Å². The van der Waals surface area contributed by atoms with E-state index in [9.17, 15) is 0 Å². The second-order valence-corrected chi connectivity index (χ2v) is 10.1. The normalized spacial score (nSPS) is 9.62. The third-order valence-electron chi connectivity index (χ3n) is 7.04. The second kappa shape index (κ2) is 24.1. The zero-order valence-electron chi connectivity index (χ0n) is 33.2. The Balaban J connectivity index is 0.00000167. The van der Waals surface area contributed by atoms with Crippen molar-refractivity contribution < 1.29 is 4.42 Å². The van der Waals surface area contributed by atoms with E-state index >= 15 is 0 Å². The van der Waals surface area contributed by atoms with Crippen molar-refractivity contribution in [1.29, 1.82) is 0 Å².